The van der Waals surface area contributed by atoms with Crippen molar-refractivity contribution in [3.63, 3.8) is 0 Å². The lowest BCUT2D eigenvalue weighted by atomic mass is 9.47. The van der Waals surface area contributed by atoms with Crippen molar-refractivity contribution in [3.8, 4) is 0 Å². The van der Waals surface area contributed by atoms with E-state index in [-0.39, 0.29) is 40.9 Å². The minimum atomic E-state index is -1.44. The van der Waals surface area contributed by atoms with Gasteiger partial charge in [-0.1, -0.05) is 19.4 Å². The van der Waals surface area contributed by atoms with Crippen LogP contribution in [-0.2, 0) is 19.1 Å². The molecule has 3 unspecified atom stereocenters. The molecule has 6 atom stereocenters. The van der Waals surface area contributed by atoms with Crippen molar-refractivity contribution < 1.29 is 62.5 Å². The summed E-state index contributed by atoms with van der Waals surface area (Å²) in [6.45, 7) is 5.31. The number of rotatable bonds is 8. The Balaban J connectivity index is 0.000000275. The number of ketones is 1. The van der Waals surface area contributed by atoms with Crippen LogP contribution in [0.25, 0.3) is 0 Å². The van der Waals surface area contributed by atoms with E-state index in [0.29, 0.717) is 18.1 Å². The third-order valence-corrected chi connectivity index (χ3v) is 10.0. The summed E-state index contributed by atoms with van der Waals surface area (Å²) >= 11 is 0. The van der Waals surface area contributed by atoms with E-state index >= 15 is 0 Å². The average Bonchev–Trinajstić information content (AvgIpc) is 3.13. The Bertz CT molecular complexity index is 900. The number of fused-ring (bicyclic) bond motifs is 5. The molecule has 0 aromatic heterocycles. The molecule has 0 saturated heterocycles. The first-order chi connectivity index (χ1) is 17.8. The van der Waals surface area contributed by atoms with Gasteiger partial charge in [-0.25, -0.2) is 4.79 Å². The van der Waals surface area contributed by atoms with Gasteiger partial charge in [0.1, 0.15) is 0 Å². The molecular formula is C30H50INO7. The zero-order chi connectivity index (χ0) is 28.1. The van der Waals surface area contributed by atoms with Gasteiger partial charge >= 0.3 is 12.1 Å². The van der Waals surface area contributed by atoms with Crippen molar-refractivity contribution >= 4 is 17.9 Å². The van der Waals surface area contributed by atoms with Crippen LogP contribution in [0.2, 0.25) is 0 Å². The van der Waals surface area contributed by atoms with Crippen LogP contribution in [0.4, 0.5) is 4.79 Å². The van der Waals surface area contributed by atoms with E-state index in [0.717, 1.165) is 67.8 Å². The molecule has 4 aliphatic rings. The molecule has 0 bridgehead atoms. The quantitative estimate of drug-likeness (QED) is 0.135. The SMILES string of the molecule is C[C@]12CCC(=O)C=C1CCC1C2CC[C@@]2(C)C1CC[C@@H]2O.C[N+](C)(C)CCCCCC(=O)OCOC(=O)O.[I-]. The Hall–Kier alpha value is -1.20. The van der Waals surface area contributed by atoms with Gasteiger partial charge in [0.05, 0.1) is 33.8 Å². The first-order valence-electron chi connectivity index (χ1n) is 14.5. The Morgan fingerprint density at radius 1 is 0.974 bits per heavy atom. The summed E-state index contributed by atoms with van der Waals surface area (Å²) in [6, 6.07) is 0. The summed E-state index contributed by atoms with van der Waals surface area (Å²) in [4.78, 5) is 32.8. The van der Waals surface area contributed by atoms with Gasteiger partial charge in [-0.3, -0.25) is 9.59 Å². The highest BCUT2D eigenvalue weighted by atomic mass is 127. The van der Waals surface area contributed by atoms with Gasteiger partial charge in [-0.2, -0.15) is 0 Å². The number of unbranched alkanes of at least 4 members (excludes halogenated alkanes) is 2. The van der Waals surface area contributed by atoms with Crippen molar-refractivity contribution in [1.29, 1.82) is 0 Å². The monoisotopic (exact) mass is 663 g/mol. The first kappa shape index (κ1) is 34.0. The molecule has 3 fully saturated rings. The molecule has 0 heterocycles. The largest absolute Gasteiger partial charge is 1.00 e. The number of esters is 1. The van der Waals surface area contributed by atoms with Gasteiger partial charge < -0.3 is 48.1 Å². The number of allylic oxidation sites excluding steroid dienone is 1. The lowest BCUT2D eigenvalue weighted by Gasteiger charge is -2.57. The van der Waals surface area contributed by atoms with Gasteiger partial charge in [-0.15, -0.1) is 0 Å². The number of carbonyl (C=O) groups excluding carboxylic acids is 2. The van der Waals surface area contributed by atoms with Gasteiger partial charge in [0.2, 0.25) is 6.79 Å². The predicted octanol–water partition coefficient (Wildman–Crippen LogP) is 2.33. The third kappa shape index (κ3) is 8.64. The highest BCUT2D eigenvalue weighted by molar-refractivity contribution is 5.91. The molecule has 0 aliphatic heterocycles. The first-order valence-corrected chi connectivity index (χ1v) is 14.5. The molecule has 0 aromatic rings. The number of nitrogens with zero attached hydrogens (tertiary/aromatic N) is 1. The number of carboxylic acid groups (broad SMARTS) is 1. The van der Waals surface area contributed by atoms with Crippen molar-refractivity contribution in [1.82, 2.24) is 0 Å². The molecule has 0 aromatic carbocycles. The van der Waals surface area contributed by atoms with Crippen LogP contribution in [-0.4, -0.2) is 73.2 Å². The van der Waals surface area contributed by atoms with Gasteiger partial charge in [0.25, 0.3) is 0 Å². The van der Waals surface area contributed by atoms with E-state index < -0.39 is 18.9 Å². The Labute approximate surface area is 251 Å². The second-order valence-electron chi connectivity index (χ2n) is 13.5. The molecule has 0 radical (unpaired) electrons. The van der Waals surface area contributed by atoms with E-state index in [4.69, 9.17) is 5.11 Å². The summed E-state index contributed by atoms with van der Waals surface area (Å²) in [5.74, 6) is 2.15. The third-order valence-electron chi connectivity index (χ3n) is 10.0. The van der Waals surface area contributed by atoms with E-state index in [9.17, 15) is 19.5 Å². The number of halogens is 1. The summed E-state index contributed by atoms with van der Waals surface area (Å²) < 4.78 is 9.52. The smallest absolute Gasteiger partial charge is 0.508 e. The molecule has 9 heteroatoms. The second-order valence-corrected chi connectivity index (χ2v) is 13.5. The summed E-state index contributed by atoms with van der Waals surface area (Å²) in [7, 11) is 6.37. The minimum Gasteiger partial charge on any atom is -1.00 e. The number of carbonyl (C=O) groups is 3. The topological polar surface area (TPSA) is 110 Å². The standard InChI is InChI=1S/C19H28O2.C11H21NO5.HI/c1-18-9-7-13(20)11-12(18)3-4-14-15-5-6-17(21)19(15,2)10-8-16(14)18;1-12(2,3)8-6-4-5-7-10(13)16-9-17-11(14)15;/h11,14-17,21H,3-10H2,1-2H3;4-9H2,1-3H3;1H/t14?,15?,16?,17-,18-,19-;;/m0../s1. The Morgan fingerprint density at radius 3 is 2.36 bits per heavy atom. The van der Waals surface area contributed by atoms with Crippen molar-refractivity contribution in [2.24, 2.45) is 28.6 Å². The molecule has 39 heavy (non-hydrogen) atoms. The molecule has 4 aliphatic carbocycles. The second kappa shape index (κ2) is 14.1. The maximum absolute atomic E-state index is 11.8. The Kier molecular flexibility index (Phi) is 12.3. The number of quaternary nitrogens is 1. The summed E-state index contributed by atoms with van der Waals surface area (Å²) in [5.41, 5.74) is 1.89. The van der Waals surface area contributed by atoms with Crippen LogP contribution < -0.4 is 24.0 Å². The van der Waals surface area contributed by atoms with Crippen molar-refractivity contribution in [3.05, 3.63) is 11.6 Å². The average molecular weight is 664 g/mol. The number of hydrogen-bond acceptors (Lipinski definition) is 6. The summed E-state index contributed by atoms with van der Waals surface area (Å²) in [5, 5.41) is 18.6. The predicted molar refractivity (Wildman–Crippen MR) is 144 cm³/mol. The molecule has 8 nitrogen and oxygen atoms in total. The van der Waals surface area contributed by atoms with Crippen LogP contribution in [0.15, 0.2) is 11.6 Å². The maximum Gasteiger partial charge on any atom is 0.508 e. The number of aliphatic hydroxyl groups is 1. The molecule has 0 amide bonds. The van der Waals surface area contributed by atoms with E-state index in [1.54, 1.807) is 0 Å². The lowest BCUT2D eigenvalue weighted by Crippen LogP contribution is -3.00. The van der Waals surface area contributed by atoms with Crippen molar-refractivity contribution in [2.75, 3.05) is 34.5 Å². The molecule has 224 valence electrons. The van der Waals surface area contributed by atoms with Crippen LogP contribution in [0.1, 0.15) is 90.9 Å². The van der Waals surface area contributed by atoms with Crippen LogP contribution in [0.3, 0.4) is 0 Å². The van der Waals surface area contributed by atoms with Crippen LogP contribution in [0.5, 0.6) is 0 Å². The number of hydrogen-bond donors (Lipinski definition) is 2. The molecule has 2 N–H and O–H groups in total. The lowest BCUT2D eigenvalue weighted by molar-refractivity contribution is -0.870. The van der Waals surface area contributed by atoms with E-state index in [1.807, 2.05) is 6.08 Å². The fourth-order valence-electron chi connectivity index (χ4n) is 7.78. The van der Waals surface area contributed by atoms with Crippen molar-refractivity contribution in [2.45, 2.75) is 97.0 Å². The number of aliphatic hydroxyl groups excluding tert-OH is 1. The van der Waals surface area contributed by atoms with E-state index in [1.165, 1.54) is 31.3 Å². The summed E-state index contributed by atoms with van der Waals surface area (Å²) in [6.07, 6.45) is 12.3. The molecular weight excluding hydrogens is 613 g/mol. The van der Waals surface area contributed by atoms with Gasteiger partial charge in [-0.05, 0) is 98.9 Å². The molecule has 3 saturated carbocycles. The van der Waals surface area contributed by atoms with Crippen LogP contribution in [0, 0.1) is 28.6 Å². The van der Waals surface area contributed by atoms with Crippen LogP contribution >= 0.6 is 0 Å². The normalized spacial score (nSPS) is 33.2. The zero-order valence-corrected chi connectivity index (χ0v) is 26.7. The van der Waals surface area contributed by atoms with Gasteiger partial charge in [0.15, 0.2) is 5.78 Å². The molecule has 4 rings (SSSR count). The van der Waals surface area contributed by atoms with Gasteiger partial charge in [0, 0.05) is 12.8 Å². The molecule has 0 spiro atoms. The fourth-order valence-corrected chi connectivity index (χ4v) is 7.78. The highest BCUT2D eigenvalue weighted by Crippen LogP contribution is 2.65. The minimum absolute atomic E-state index is 0. The Morgan fingerprint density at radius 2 is 1.69 bits per heavy atom. The number of ether oxygens (including phenoxy) is 2. The zero-order valence-electron chi connectivity index (χ0n) is 24.5. The maximum atomic E-state index is 11.8. The fraction of sp³-hybridized carbons (Fsp3) is 0.833. The highest BCUT2D eigenvalue weighted by Gasteiger charge is 2.58. The van der Waals surface area contributed by atoms with E-state index in [2.05, 4.69) is 44.5 Å².